The van der Waals surface area contributed by atoms with E-state index in [-0.39, 0.29) is 5.91 Å². The summed E-state index contributed by atoms with van der Waals surface area (Å²) in [5.74, 6) is 2.13. The van der Waals surface area contributed by atoms with Crippen LogP contribution in [0, 0.1) is 0 Å². The number of ether oxygens (including phenoxy) is 1. The van der Waals surface area contributed by atoms with Gasteiger partial charge in [0.05, 0.1) is 18.1 Å². The number of hydrogen-bond acceptors (Lipinski definition) is 5. The minimum absolute atomic E-state index is 0.0435. The number of carbonyl (C=O) groups excluding carboxylic acids is 1. The monoisotopic (exact) mass is 322 g/mol. The zero-order valence-electron chi connectivity index (χ0n) is 12.1. The molecule has 0 saturated carbocycles. The molecule has 0 aliphatic rings. The Labute approximate surface area is 132 Å². The molecule has 0 fully saturated rings. The van der Waals surface area contributed by atoms with Crippen molar-refractivity contribution in [2.75, 3.05) is 19.4 Å². The fraction of sp³-hybridized carbons (Fsp3) is 0.333. The third-order valence-electron chi connectivity index (χ3n) is 2.73. The van der Waals surface area contributed by atoms with Crippen LogP contribution >= 0.6 is 23.1 Å². The predicted octanol–water partition coefficient (Wildman–Crippen LogP) is 3.19. The Balaban J connectivity index is 1.94. The van der Waals surface area contributed by atoms with Crippen molar-refractivity contribution < 1.29 is 9.53 Å². The van der Waals surface area contributed by atoms with E-state index in [2.05, 4.69) is 10.3 Å². The van der Waals surface area contributed by atoms with Gasteiger partial charge in [-0.05, 0) is 31.2 Å². The standard InChI is InChI=1S/C15H18N2O2S2/c1-3-19-13-6-4-11(5-7-13)15-17-12(9-21-15)8-20-10-14(18)16-2/h4-7,9H,3,8,10H2,1-2H3,(H,16,18). The lowest BCUT2D eigenvalue weighted by atomic mass is 10.2. The molecule has 4 nitrogen and oxygen atoms in total. The summed E-state index contributed by atoms with van der Waals surface area (Å²) in [5.41, 5.74) is 2.10. The van der Waals surface area contributed by atoms with Crippen molar-refractivity contribution in [2.45, 2.75) is 12.7 Å². The van der Waals surface area contributed by atoms with Crippen molar-refractivity contribution >= 4 is 29.0 Å². The van der Waals surface area contributed by atoms with Crippen molar-refractivity contribution in [3.63, 3.8) is 0 Å². The fourth-order valence-electron chi connectivity index (χ4n) is 1.69. The van der Waals surface area contributed by atoms with E-state index in [0.29, 0.717) is 12.4 Å². The van der Waals surface area contributed by atoms with Crippen LogP contribution in [-0.2, 0) is 10.5 Å². The summed E-state index contributed by atoms with van der Waals surface area (Å²) < 4.78 is 5.43. The van der Waals surface area contributed by atoms with Gasteiger partial charge in [-0.25, -0.2) is 4.98 Å². The third kappa shape index (κ3) is 4.75. The van der Waals surface area contributed by atoms with E-state index >= 15 is 0 Å². The number of rotatable bonds is 7. The van der Waals surface area contributed by atoms with E-state index in [4.69, 9.17) is 4.74 Å². The van der Waals surface area contributed by atoms with E-state index in [9.17, 15) is 4.79 Å². The maximum absolute atomic E-state index is 11.2. The molecule has 0 atom stereocenters. The quantitative estimate of drug-likeness (QED) is 0.850. The Hall–Kier alpha value is -1.53. The number of thiazole rings is 1. The Morgan fingerprint density at radius 2 is 2.14 bits per heavy atom. The van der Waals surface area contributed by atoms with Gasteiger partial charge in [-0.3, -0.25) is 4.79 Å². The van der Waals surface area contributed by atoms with Crippen LogP contribution in [0.2, 0.25) is 0 Å². The van der Waals surface area contributed by atoms with Gasteiger partial charge in [-0.1, -0.05) is 0 Å². The Morgan fingerprint density at radius 1 is 1.38 bits per heavy atom. The summed E-state index contributed by atoms with van der Waals surface area (Å²) in [5, 5.41) is 5.65. The number of amides is 1. The highest BCUT2D eigenvalue weighted by Gasteiger charge is 2.06. The van der Waals surface area contributed by atoms with E-state index in [0.717, 1.165) is 27.8 Å². The smallest absolute Gasteiger partial charge is 0.229 e. The summed E-state index contributed by atoms with van der Waals surface area (Å²) in [4.78, 5) is 15.8. The van der Waals surface area contributed by atoms with E-state index < -0.39 is 0 Å². The van der Waals surface area contributed by atoms with Gasteiger partial charge in [0.25, 0.3) is 0 Å². The predicted molar refractivity (Wildman–Crippen MR) is 88.9 cm³/mol. The van der Waals surface area contributed by atoms with E-state index in [1.165, 1.54) is 0 Å². The van der Waals surface area contributed by atoms with Gasteiger partial charge in [0, 0.05) is 23.7 Å². The van der Waals surface area contributed by atoms with Gasteiger partial charge in [0.15, 0.2) is 0 Å². The minimum atomic E-state index is 0.0435. The largest absolute Gasteiger partial charge is 0.494 e. The molecule has 0 spiro atoms. The fourth-order valence-corrected chi connectivity index (χ4v) is 3.41. The van der Waals surface area contributed by atoms with Gasteiger partial charge in [0.2, 0.25) is 5.91 Å². The highest BCUT2D eigenvalue weighted by Crippen LogP contribution is 2.27. The molecule has 0 bridgehead atoms. The molecular formula is C15H18N2O2S2. The second-order valence-electron chi connectivity index (χ2n) is 4.27. The third-order valence-corrected chi connectivity index (χ3v) is 4.63. The summed E-state index contributed by atoms with van der Waals surface area (Å²) in [6, 6.07) is 7.96. The van der Waals surface area contributed by atoms with Gasteiger partial charge in [0.1, 0.15) is 10.8 Å². The van der Waals surface area contributed by atoms with E-state index in [1.807, 2.05) is 36.6 Å². The lowest BCUT2D eigenvalue weighted by Gasteiger charge is -2.03. The van der Waals surface area contributed by atoms with E-state index in [1.54, 1.807) is 30.1 Å². The minimum Gasteiger partial charge on any atom is -0.494 e. The van der Waals surface area contributed by atoms with Gasteiger partial charge >= 0.3 is 0 Å². The first-order valence-electron chi connectivity index (χ1n) is 6.69. The van der Waals surface area contributed by atoms with Gasteiger partial charge < -0.3 is 10.1 Å². The maximum atomic E-state index is 11.2. The van der Waals surface area contributed by atoms with Crippen molar-refractivity contribution in [3.8, 4) is 16.3 Å². The number of aromatic nitrogens is 1. The van der Waals surface area contributed by atoms with Crippen LogP contribution in [0.5, 0.6) is 5.75 Å². The molecule has 112 valence electrons. The molecule has 1 aromatic carbocycles. The van der Waals surface area contributed by atoms with Crippen LogP contribution in [0.3, 0.4) is 0 Å². The van der Waals surface area contributed by atoms with Gasteiger partial charge in [-0.15, -0.1) is 23.1 Å². The summed E-state index contributed by atoms with van der Waals surface area (Å²) in [6.45, 7) is 2.64. The van der Waals surface area contributed by atoms with Crippen LogP contribution < -0.4 is 10.1 Å². The van der Waals surface area contributed by atoms with Crippen molar-refractivity contribution in [3.05, 3.63) is 35.3 Å². The average molecular weight is 322 g/mol. The van der Waals surface area contributed by atoms with Crippen molar-refractivity contribution in [1.29, 1.82) is 0 Å². The molecule has 0 aliphatic heterocycles. The zero-order chi connectivity index (χ0) is 15.1. The topological polar surface area (TPSA) is 51.2 Å². The first-order valence-corrected chi connectivity index (χ1v) is 8.72. The lowest BCUT2D eigenvalue weighted by Crippen LogP contribution is -2.19. The average Bonchev–Trinajstić information content (AvgIpc) is 2.97. The van der Waals surface area contributed by atoms with Crippen LogP contribution in [-0.4, -0.2) is 30.3 Å². The molecular weight excluding hydrogens is 304 g/mol. The second-order valence-corrected chi connectivity index (χ2v) is 6.11. The summed E-state index contributed by atoms with van der Waals surface area (Å²) in [7, 11) is 1.65. The number of carbonyl (C=O) groups is 1. The molecule has 0 radical (unpaired) electrons. The Kier molecular flexibility index (Phi) is 6.07. The van der Waals surface area contributed by atoms with Crippen LogP contribution in [0.4, 0.5) is 0 Å². The Bertz CT molecular complexity index is 582. The molecule has 0 unspecified atom stereocenters. The first kappa shape index (κ1) is 15.9. The first-order chi connectivity index (χ1) is 10.2. The number of thioether (sulfide) groups is 1. The molecule has 6 heteroatoms. The molecule has 1 aromatic heterocycles. The second kappa shape index (κ2) is 8.05. The van der Waals surface area contributed by atoms with Crippen molar-refractivity contribution in [2.24, 2.45) is 0 Å². The van der Waals surface area contributed by atoms with Gasteiger partial charge in [-0.2, -0.15) is 0 Å². The molecule has 1 N–H and O–H groups in total. The number of nitrogens with one attached hydrogen (secondary N) is 1. The number of nitrogens with zero attached hydrogens (tertiary/aromatic N) is 1. The van der Waals surface area contributed by atoms with Crippen LogP contribution in [0.25, 0.3) is 10.6 Å². The van der Waals surface area contributed by atoms with Crippen molar-refractivity contribution in [1.82, 2.24) is 10.3 Å². The SMILES string of the molecule is CCOc1ccc(-c2nc(CSCC(=O)NC)cs2)cc1. The van der Waals surface area contributed by atoms with Crippen LogP contribution in [0.1, 0.15) is 12.6 Å². The highest BCUT2D eigenvalue weighted by molar-refractivity contribution is 7.99. The highest BCUT2D eigenvalue weighted by atomic mass is 32.2. The Morgan fingerprint density at radius 3 is 2.81 bits per heavy atom. The lowest BCUT2D eigenvalue weighted by molar-refractivity contribution is -0.118. The number of hydrogen-bond donors (Lipinski definition) is 1. The number of benzene rings is 1. The molecule has 1 amide bonds. The zero-order valence-corrected chi connectivity index (χ0v) is 13.7. The maximum Gasteiger partial charge on any atom is 0.229 e. The summed E-state index contributed by atoms with van der Waals surface area (Å²) in [6.07, 6.45) is 0. The van der Waals surface area contributed by atoms with Crippen LogP contribution in [0.15, 0.2) is 29.6 Å². The molecule has 2 rings (SSSR count). The molecule has 1 heterocycles. The normalized spacial score (nSPS) is 10.4. The summed E-state index contributed by atoms with van der Waals surface area (Å²) >= 11 is 3.19. The molecule has 0 aliphatic carbocycles. The molecule has 21 heavy (non-hydrogen) atoms. The molecule has 0 saturated heterocycles. The molecule has 2 aromatic rings.